The first-order chi connectivity index (χ1) is 9.33. The maximum Gasteiger partial charge on any atom is 0.343 e. The largest absolute Gasteiger partial charge is 0.458 e. The first kappa shape index (κ1) is 16.4. The number of hydrogen-bond donors (Lipinski definition) is 0. The van der Waals surface area contributed by atoms with Gasteiger partial charge in [0, 0.05) is 13.0 Å². The zero-order valence-electron chi connectivity index (χ0n) is 12.5. The van der Waals surface area contributed by atoms with Gasteiger partial charge in [-0.25, -0.2) is 4.79 Å². The van der Waals surface area contributed by atoms with Crippen molar-refractivity contribution in [3.8, 4) is 0 Å². The molecule has 0 amide bonds. The molecule has 0 fully saturated rings. The fourth-order valence-corrected chi connectivity index (χ4v) is 1.70. The van der Waals surface area contributed by atoms with Crippen molar-refractivity contribution in [1.29, 1.82) is 0 Å². The summed E-state index contributed by atoms with van der Waals surface area (Å²) in [6.07, 6.45) is -0.996. The summed E-state index contributed by atoms with van der Waals surface area (Å²) in [5.74, 6) is -0.910. The van der Waals surface area contributed by atoms with Crippen LogP contribution in [-0.4, -0.2) is 30.1 Å². The summed E-state index contributed by atoms with van der Waals surface area (Å²) in [5.41, 5.74) is 0.213. The molecule has 0 aliphatic heterocycles. The number of Topliss-reactive ketones (excluding diaryl/α,β-unsaturated/α-hetero) is 1. The van der Waals surface area contributed by atoms with E-state index in [1.54, 1.807) is 27.7 Å². The van der Waals surface area contributed by atoms with Gasteiger partial charge in [0.25, 0.3) is 0 Å². The minimum Gasteiger partial charge on any atom is -0.458 e. The maximum atomic E-state index is 12.2. The van der Waals surface area contributed by atoms with Gasteiger partial charge in [0.2, 0.25) is 6.10 Å². The Balaban J connectivity index is 2.74. The summed E-state index contributed by atoms with van der Waals surface area (Å²) >= 11 is 0. The van der Waals surface area contributed by atoms with E-state index in [0.29, 0.717) is 0 Å². The van der Waals surface area contributed by atoms with Crippen molar-refractivity contribution in [3.05, 3.63) is 35.9 Å². The molecule has 1 rings (SSSR count). The quantitative estimate of drug-likeness (QED) is 0.593. The molecule has 110 valence electrons. The van der Waals surface area contributed by atoms with E-state index in [9.17, 15) is 9.59 Å². The van der Waals surface area contributed by atoms with Gasteiger partial charge in [-0.15, -0.1) is 0 Å². The van der Waals surface area contributed by atoms with Crippen molar-refractivity contribution < 1.29 is 19.1 Å². The van der Waals surface area contributed by atoms with Crippen LogP contribution in [-0.2, 0) is 25.5 Å². The van der Waals surface area contributed by atoms with Crippen LogP contribution >= 0.6 is 0 Å². The van der Waals surface area contributed by atoms with E-state index < -0.39 is 17.7 Å². The Morgan fingerprint density at radius 3 is 2.25 bits per heavy atom. The Kier molecular flexibility index (Phi) is 5.89. The van der Waals surface area contributed by atoms with E-state index >= 15 is 0 Å². The van der Waals surface area contributed by atoms with Gasteiger partial charge in [0.1, 0.15) is 5.60 Å². The van der Waals surface area contributed by atoms with Crippen LogP contribution < -0.4 is 0 Å². The van der Waals surface area contributed by atoms with E-state index in [0.717, 1.165) is 5.56 Å². The topological polar surface area (TPSA) is 52.6 Å². The molecule has 0 aromatic heterocycles. The highest BCUT2D eigenvalue weighted by Gasteiger charge is 2.31. The normalized spacial score (nSPS) is 12.8. The SMILES string of the molecule is CCOC(C(=O)Cc1ccccc1)C(=O)OC(C)(C)C. The molecule has 4 heteroatoms. The number of carbonyl (C=O) groups is 2. The molecular formula is C16H22O4. The van der Waals surface area contributed by atoms with Crippen LogP contribution in [0.25, 0.3) is 0 Å². The number of hydrogen-bond acceptors (Lipinski definition) is 4. The molecule has 0 bridgehead atoms. The van der Waals surface area contributed by atoms with Gasteiger partial charge in [-0.1, -0.05) is 30.3 Å². The molecule has 0 aliphatic rings. The van der Waals surface area contributed by atoms with Gasteiger partial charge in [-0.05, 0) is 33.3 Å². The van der Waals surface area contributed by atoms with Gasteiger partial charge in [-0.3, -0.25) is 4.79 Å². The average molecular weight is 278 g/mol. The van der Waals surface area contributed by atoms with Crippen LogP contribution in [0.1, 0.15) is 33.3 Å². The van der Waals surface area contributed by atoms with Crippen molar-refractivity contribution in [2.75, 3.05) is 6.61 Å². The fraction of sp³-hybridized carbons (Fsp3) is 0.500. The van der Waals surface area contributed by atoms with Gasteiger partial charge in [-0.2, -0.15) is 0 Å². The monoisotopic (exact) mass is 278 g/mol. The molecule has 0 spiro atoms. The Labute approximate surface area is 120 Å². The minimum atomic E-state index is -1.15. The first-order valence-electron chi connectivity index (χ1n) is 6.74. The Morgan fingerprint density at radius 1 is 1.15 bits per heavy atom. The van der Waals surface area contributed by atoms with E-state index in [1.165, 1.54) is 0 Å². The molecule has 0 radical (unpaired) electrons. The third-order valence-electron chi connectivity index (χ3n) is 2.47. The zero-order chi connectivity index (χ0) is 15.2. The first-order valence-corrected chi connectivity index (χ1v) is 6.74. The minimum absolute atomic E-state index is 0.157. The number of ether oxygens (including phenoxy) is 2. The lowest BCUT2D eigenvalue weighted by molar-refractivity contribution is -0.170. The highest BCUT2D eigenvalue weighted by molar-refractivity contribution is 6.03. The second-order valence-corrected chi connectivity index (χ2v) is 5.50. The van der Waals surface area contributed by atoms with Crippen LogP contribution in [0.4, 0.5) is 0 Å². The molecule has 0 N–H and O–H groups in total. The van der Waals surface area contributed by atoms with Crippen LogP contribution in [0.15, 0.2) is 30.3 Å². The molecular weight excluding hydrogens is 256 g/mol. The maximum absolute atomic E-state index is 12.2. The van der Waals surface area contributed by atoms with E-state index in [1.807, 2.05) is 30.3 Å². The standard InChI is InChI=1S/C16H22O4/c1-5-19-14(15(18)20-16(2,3)4)13(17)11-12-9-7-6-8-10-12/h6-10,14H,5,11H2,1-4H3. The molecule has 1 unspecified atom stereocenters. The summed E-state index contributed by atoms with van der Waals surface area (Å²) in [6.45, 7) is 7.30. The molecule has 0 aliphatic carbocycles. The fourth-order valence-electron chi connectivity index (χ4n) is 1.70. The van der Waals surface area contributed by atoms with Gasteiger partial charge >= 0.3 is 5.97 Å². The van der Waals surface area contributed by atoms with Crippen molar-refractivity contribution >= 4 is 11.8 Å². The van der Waals surface area contributed by atoms with E-state index in [4.69, 9.17) is 9.47 Å². The molecule has 4 nitrogen and oxygen atoms in total. The smallest absolute Gasteiger partial charge is 0.343 e. The molecule has 1 atom stereocenters. The molecule has 0 heterocycles. The van der Waals surface area contributed by atoms with Crippen LogP contribution in [0, 0.1) is 0 Å². The van der Waals surface area contributed by atoms with Crippen LogP contribution in [0.5, 0.6) is 0 Å². The molecule has 20 heavy (non-hydrogen) atoms. The summed E-state index contributed by atoms with van der Waals surface area (Å²) < 4.78 is 10.5. The lowest BCUT2D eigenvalue weighted by Crippen LogP contribution is -2.39. The molecule has 0 saturated carbocycles. The summed E-state index contributed by atoms with van der Waals surface area (Å²) in [4.78, 5) is 24.2. The van der Waals surface area contributed by atoms with E-state index in [-0.39, 0.29) is 18.8 Å². The number of rotatable bonds is 6. The van der Waals surface area contributed by atoms with Gasteiger partial charge < -0.3 is 9.47 Å². The number of esters is 1. The average Bonchev–Trinajstić information content (AvgIpc) is 2.34. The van der Waals surface area contributed by atoms with Crippen molar-refractivity contribution in [1.82, 2.24) is 0 Å². The second kappa shape index (κ2) is 7.20. The lowest BCUT2D eigenvalue weighted by Gasteiger charge is -2.23. The van der Waals surface area contributed by atoms with Crippen molar-refractivity contribution in [3.63, 3.8) is 0 Å². The predicted octanol–water partition coefficient (Wildman–Crippen LogP) is 2.55. The van der Waals surface area contributed by atoms with Gasteiger partial charge in [0.15, 0.2) is 5.78 Å². The third kappa shape index (κ3) is 5.53. The second-order valence-electron chi connectivity index (χ2n) is 5.50. The number of ketones is 1. The molecule has 1 aromatic rings. The number of benzene rings is 1. The summed E-state index contributed by atoms with van der Waals surface area (Å²) in [7, 11) is 0. The highest BCUT2D eigenvalue weighted by atomic mass is 16.6. The Hall–Kier alpha value is -1.68. The summed E-state index contributed by atoms with van der Waals surface area (Å²) in [5, 5.41) is 0. The number of carbonyl (C=O) groups excluding carboxylic acids is 2. The van der Waals surface area contributed by atoms with Crippen LogP contribution in [0.2, 0.25) is 0 Å². The lowest BCUT2D eigenvalue weighted by atomic mass is 10.1. The molecule has 1 aromatic carbocycles. The summed E-state index contributed by atoms with van der Waals surface area (Å²) in [6, 6.07) is 9.27. The van der Waals surface area contributed by atoms with Crippen molar-refractivity contribution in [2.24, 2.45) is 0 Å². The van der Waals surface area contributed by atoms with E-state index in [2.05, 4.69) is 0 Å². The van der Waals surface area contributed by atoms with Gasteiger partial charge in [0.05, 0.1) is 0 Å². The zero-order valence-corrected chi connectivity index (χ0v) is 12.5. The molecule has 0 saturated heterocycles. The third-order valence-corrected chi connectivity index (χ3v) is 2.47. The van der Waals surface area contributed by atoms with Crippen molar-refractivity contribution in [2.45, 2.75) is 45.8 Å². The van der Waals surface area contributed by atoms with Crippen LogP contribution in [0.3, 0.4) is 0 Å². The predicted molar refractivity (Wildman–Crippen MR) is 76.4 cm³/mol. The Morgan fingerprint density at radius 2 is 1.75 bits per heavy atom. The highest BCUT2D eigenvalue weighted by Crippen LogP contribution is 2.12. The Bertz CT molecular complexity index is 445.